The van der Waals surface area contributed by atoms with Gasteiger partial charge in [-0.1, -0.05) is 18.2 Å². The summed E-state index contributed by atoms with van der Waals surface area (Å²) in [7, 11) is 0. The van der Waals surface area contributed by atoms with Crippen LogP contribution in [0.2, 0.25) is 0 Å². The Bertz CT molecular complexity index is 1890. The van der Waals surface area contributed by atoms with Crippen molar-refractivity contribution in [2.75, 3.05) is 6.54 Å². The lowest BCUT2D eigenvalue weighted by Gasteiger charge is -2.28. The van der Waals surface area contributed by atoms with Crippen molar-refractivity contribution in [3.05, 3.63) is 104 Å². The standard InChI is InChI=1S/C26H18FN7O4/c27-19-7-5-15(13-34-20-4-2-1-3-17(20)24(35)29-26(34)37)11-18(19)25(36)32-9-10-33-22(14-32)30-31-23(33)21-8-6-16(12-28)38-21/h1-8,11H,9-10,13-14H2,(H,29,35,37). The highest BCUT2D eigenvalue weighted by Gasteiger charge is 2.28. The number of carbonyl (C=O) groups is 1. The van der Waals surface area contributed by atoms with Gasteiger partial charge < -0.3 is 13.9 Å². The Morgan fingerprint density at radius 2 is 1.95 bits per heavy atom. The molecule has 0 saturated carbocycles. The lowest BCUT2D eigenvalue weighted by Crippen LogP contribution is -2.39. The van der Waals surface area contributed by atoms with Gasteiger partial charge in [-0.3, -0.25) is 19.1 Å². The van der Waals surface area contributed by atoms with Crippen LogP contribution in [0.3, 0.4) is 0 Å². The fourth-order valence-corrected chi connectivity index (χ4v) is 4.62. The molecule has 0 atom stereocenters. The highest BCUT2D eigenvalue weighted by molar-refractivity contribution is 5.94. The topological polar surface area (TPSA) is 143 Å². The van der Waals surface area contributed by atoms with Crippen molar-refractivity contribution in [1.29, 1.82) is 5.26 Å². The fourth-order valence-electron chi connectivity index (χ4n) is 4.62. The summed E-state index contributed by atoms with van der Waals surface area (Å²) in [6, 6.07) is 15.9. The van der Waals surface area contributed by atoms with Gasteiger partial charge in [-0.2, -0.15) is 5.26 Å². The molecule has 0 fully saturated rings. The summed E-state index contributed by atoms with van der Waals surface area (Å²) in [5.41, 5.74) is -0.279. The SMILES string of the molecule is N#Cc1ccc(-c2nnc3n2CCN(C(=O)c2cc(Cn4c(=O)[nH]c(=O)c5ccccc54)ccc2F)C3)o1. The van der Waals surface area contributed by atoms with E-state index in [1.54, 1.807) is 34.9 Å². The maximum absolute atomic E-state index is 14.8. The molecule has 11 nitrogen and oxygen atoms in total. The second-order valence-electron chi connectivity index (χ2n) is 8.77. The van der Waals surface area contributed by atoms with E-state index < -0.39 is 23.0 Å². The van der Waals surface area contributed by atoms with Crippen LogP contribution in [0.1, 0.15) is 27.5 Å². The molecule has 0 aliphatic carbocycles. The highest BCUT2D eigenvalue weighted by atomic mass is 19.1. The zero-order valence-electron chi connectivity index (χ0n) is 19.7. The van der Waals surface area contributed by atoms with Crippen molar-refractivity contribution in [2.45, 2.75) is 19.6 Å². The van der Waals surface area contributed by atoms with E-state index in [0.29, 0.717) is 40.4 Å². The van der Waals surface area contributed by atoms with Gasteiger partial charge in [0, 0.05) is 13.1 Å². The van der Waals surface area contributed by atoms with Gasteiger partial charge in [0.1, 0.15) is 11.9 Å². The Morgan fingerprint density at radius 1 is 1.11 bits per heavy atom. The van der Waals surface area contributed by atoms with Crippen LogP contribution < -0.4 is 11.2 Å². The number of hydrogen-bond donors (Lipinski definition) is 1. The number of hydrogen-bond acceptors (Lipinski definition) is 7. The molecule has 0 spiro atoms. The average molecular weight is 511 g/mol. The van der Waals surface area contributed by atoms with E-state index >= 15 is 0 Å². The second kappa shape index (κ2) is 8.97. The van der Waals surface area contributed by atoms with Gasteiger partial charge >= 0.3 is 5.69 Å². The number of aromatic amines is 1. The maximum Gasteiger partial charge on any atom is 0.329 e. The fraction of sp³-hybridized carbons (Fsp3) is 0.154. The first-order valence-electron chi connectivity index (χ1n) is 11.6. The van der Waals surface area contributed by atoms with Gasteiger partial charge in [0.15, 0.2) is 17.4 Å². The molecule has 2 aromatic carbocycles. The molecule has 1 amide bonds. The first-order chi connectivity index (χ1) is 18.4. The molecule has 4 heterocycles. The number of rotatable bonds is 4. The molecule has 6 rings (SSSR count). The van der Waals surface area contributed by atoms with Crippen LogP contribution in [0.25, 0.3) is 22.5 Å². The minimum Gasteiger partial charge on any atom is -0.442 e. The maximum atomic E-state index is 14.8. The number of nitriles is 1. The van der Waals surface area contributed by atoms with E-state index in [1.807, 2.05) is 6.07 Å². The first-order valence-corrected chi connectivity index (χ1v) is 11.6. The molecule has 3 aromatic heterocycles. The van der Waals surface area contributed by atoms with E-state index in [1.165, 1.54) is 33.7 Å². The number of carbonyl (C=O) groups excluding carboxylic acids is 1. The normalized spacial score (nSPS) is 12.9. The van der Waals surface area contributed by atoms with Gasteiger partial charge in [-0.15, -0.1) is 10.2 Å². The summed E-state index contributed by atoms with van der Waals surface area (Å²) in [5.74, 6) is 0.271. The van der Waals surface area contributed by atoms with Crippen molar-refractivity contribution in [3.63, 3.8) is 0 Å². The van der Waals surface area contributed by atoms with E-state index in [2.05, 4.69) is 15.2 Å². The number of para-hydroxylation sites is 1. The van der Waals surface area contributed by atoms with Crippen molar-refractivity contribution in [2.24, 2.45) is 0 Å². The Kier molecular flexibility index (Phi) is 5.45. The zero-order valence-corrected chi connectivity index (χ0v) is 19.7. The molecule has 188 valence electrons. The quantitative estimate of drug-likeness (QED) is 0.390. The minimum atomic E-state index is -0.690. The van der Waals surface area contributed by atoms with Crippen molar-refractivity contribution in [1.82, 2.24) is 29.2 Å². The predicted molar refractivity (Wildman–Crippen MR) is 132 cm³/mol. The third-order valence-corrected chi connectivity index (χ3v) is 6.48. The minimum absolute atomic E-state index is 0.0300. The van der Waals surface area contributed by atoms with Crippen LogP contribution in [-0.4, -0.2) is 41.7 Å². The smallest absolute Gasteiger partial charge is 0.329 e. The average Bonchev–Trinajstić information content (AvgIpc) is 3.58. The molecule has 1 aliphatic rings. The van der Waals surface area contributed by atoms with Gasteiger partial charge in [0.2, 0.25) is 5.76 Å². The van der Waals surface area contributed by atoms with Crippen molar-refractivity contribution >= 4 is 16.8 Å². The first kappa shape index (κ1) is 23.1. The molecule has 0 unspecified atom stereocenters. The predicted octanol–water partition coefficient (Wildman–Crippen LogP) is 2.26. The Hall–Kier alpha value is -5.31. The van der Waals surface area contributed by atoms with E-state index in [9.17, 15) is 18.8 Å². The molecule has 0 radical (unpaired) electrons. The lowest BCUT2D eigenvalue weighted by molar-refractivity contribution is 0.0703. The van der Waals surface area contributed by atoms with Crippen molar-refractivity contribution < 1.29 is 13.6 Å². The molecular formula is C26H18FN7O4. The summed E-state index contributed by atoms with van der Waals surface area (Å²) in [6.07, 6.45) is 0. The van der Waals surface area contributed by atoms with Crippen LogP contribution in [0.5, 0.6) is 0 Å². The number of halogens is 1. The van der Waals surface area contributed by atoms with Crippen LogP contribution in [0, 0.1) is 17.1 Å². The van der Waals surface area contributed by atoms with Crippen LogP contribution >= 0.6 is 0 Å². The number of amides is 1. The number of fused-ring (bicyclic) bond motifs is 2. The van der Waals surface area contributed by atoms with Crippen LogP contribution in [0.15, 0.2) is 68.6 Å². The lowest BCUT2D eigenvalue weighted by atomic mass is 10.1. The van der Waals surface area contributed by atoms with Gasteiger partial charge in [0.05, 0.1) is 29.6 Å². The van der Waals surface area contributed by atoms with Crippen LogP contribution in [0.4, 0.5) is 4.39 Å². The number of aromatic nitrogens is 5. The number of nitrogens with zero attached hydrogens (tertiary/aromatic N) is 6. The summed E-state index contributed by atoms with van der Waals surface area (Å²) in [6.45, 7) is 0.760. The van der Waals surface area contributed by atoms with E-state index in [4.69, 9.17) is 9.68 Å². The molecular weight excluding hydrogens is 493 g/mol. The third kappa shape index (κ3) is 3.86. The van der Waals surface area contributed by atoms with Gasteiger partial charge in [-0.25, -0.2) is 9.18 Å². The van der Waals surface area contributed by atoms with Gasteiger partial charge in [0.25, 0.3) is 11.5 Å². The number of benzene rings is 2. The zero-order chi connectivity index (χ0) is 26.4. The molecule has 0 saturated heterocycles. The molecule has 38 heavy (non-hydrogen) atoms. The summed E-state index contributed by atoms with van der Waals surface area (Å²) >= 11 is 0. The van der Waals surface area contributed by atoms with Crippen LogP contribution in [-0.2, 0) is 19.6 Å². The van der Waals surface area contributed by atoms with Crippen molar-refractivity contribution in [3.8, 4) is 17.7 Å². The van der Waals surface area contributed by atoms with E-state index in [0.717, 1.165) is 0 Å². The summed E-state index contributed by atoms with van der Waals surface area (Å²) < 4.78 is 23.4. The molecule has 12 heteroatoms. The molecule has 5 aromatic rings. The van der Waals surface area contributed by atoms with E-state index in [-0.39, 0.29) is 31.0 Å². The largest absolute Gasteiger partial charge is 0.442 e. The summed E-state index contributed by atoms with van der Waals surface area (Å²) in [4.78, 5) is 41.8. The Morgan fingerprint density at radius 3 is 2.76 bits per heavy atom. The molecule has 0 bridgehead atoms. The highest BCUT2D eigenvalue weighted by Crippen LogP contribution is 2.25. The third-order valence-electron chi connectivity index (χ3n) is 6.48. The Labute approximate surface area is 213 Å². The van der Waals surface area contributed by atoms with Gasteiger partial charge in [-0.05, 0) is 42.0 Å². The molecule has 1 aliphatic heterocycles. The second-order valence-corrected chi connectivity index (χ2v) is 8.77. The number of H-pyrrole nitrogens is 1. The monoisotopic (exact) mass is 511 g/mol. The molecule has 1 N–H and O–H groups in total. The summed E-state index contributed by atoms with van der Waals surface area (Å²) in [5, 5.41) is 17.6. The number of nitrogens with one attached hydrogen (secondary N) is 1. The number of furan rings is 1. The Balaban J connectivity index is 1.27.